The first-order valence-corrected chi connectivity index (χ1v) is 7.43. The maximum Gasteiger partial charge on any atom is 0.0750 e. The van der Waals surface area contributed by atoms with Gasteiger partial charge in [-0.1, -0.05) is 46.0 Å². The molecular weight excluding hydrogens is 210 g/mol. The van der Waals surface area contributed by atoms with Gasteiger partial charge in [-0.3, -0.25) is 0 Å². The third kappa shape index (κ3) is 5.39. The Bertz CT molecular complexity index is 187. The van der Waals surface area contributed by atoms with Crippen molar-refractivity contribution in [1.82, 2.24) is 0 Å². The van der Waals surface area contributed by atoms with Crippen LogP contribution in [0.5, 0.6) is 0 Å². The summed E-state index contributed by atoms with van der Waals surface area (Å²) in [5, 5.41) is 0. The number of methoxy groups -OCH3 is 1. The molecule has 1 fully saturated rings. The molecule has 1 rings (SSSR count). The van der Waals surface area contributed by atoms with Gasteiger partial charge in [0, 0.05) is 13.2 Å². The van der Waals surface area contributed by atoms with E-state index in [0.717, 1.165) is 12.3 Å². The van der Waals surface area contributed by atoms with E-state index in [9.17, 15) is 0 Å². The van der Waals surface area contributed by atoms with Crippen LogP contribution in [0.15, 0.2) is 0 Å². The van der Waals surface area contributed by atoms with E-state index in [1.165, 1.54) is 44.9 Å². The Labute approximate surface area is 107 Å². The molecule has 0 aromatic carbocycles. The molecule has 0 radical (unpaired) electrons. The molecule has 2 nitrogen and oxygen atoms in total. The van der Waals surface area contributed by atoms with Crippen LogP contribution in [-0.4, -0.2) is 19.3 Å². The van der Waals surface area contributed by atoms with Crippen molar-refractivity contribution in [2.45, 2.75) is 77.4 Å². The molecule has 0 spiro atoms. The van der Waals surface area contributed by atoms with Crippen molar-refractivity contribution in [3.8, 4) is 0 Å². The van der Waals surface area contributed by atoms with E-state index >= 15 is 0 Å². The van der Waals surface area contributed by atoms with E-state index in [2.05, 4.69) is 13.8 Å². The average molecular weight is 241 g/mol. The second-order valence-electron chi connectivity index (χ2n) is 6.09. The molecule has 1 saturated carbocycles. The Hall–Kier alpha value is -0.0800. The molecule has 1 aliphatic carbocycles. The third-order valence-corrected chi connectivity index (χ3v) is 4.13. The number of rotatable bonds is 7. The van der Waals surface area contributed by atoms with Gasteiger partial charge in [0.15, 0.2) is 0 Å². The fraction of sp³-hybridized carbons (Fsp3) is 1.00. The van der Waals surface area contributed by atoms with Gasteiger partial charge in [-0.2, -0.15) is 0 Å². The van der Waals surface area contributed by atoms with Crippen molar-refractivity contribution in [2.75, 3.05) is 7.11 Å². The van der Waals surface area contributed by atoms with Gasteiger partial charge >= 0.3 is 0 Å². The summed E-state index contributed by atoms with van der Waals surface area (Å²) in [6.45, 7) is 4.56. The summed E-state index contributed by atoms with van der Waals surface area (Å²) in [6.07, 6.45) is 10.7. The molecule has 1 aliphatic rings. The molecular formula is C15H31NO. The first-order chi connectivity index (χ1) is 8.15. The predicted octanol–water partition coefficient (Wildman–Crippen LogP) is 3.74. The van der Waals surface area contributed by atoms with Crippen molar-refractivity contribution >= 4 is 0 Å². The fourth-order valence-electron chi connectivity index (χ4n) is 3.11. The molecule has 2 N–H and O–H groups in total. The molecule has 0 aliphatic heterocycles. The van der Waals surface area contributed by atoms with Crippen molar-refractivity contribution in [3.05, 3.63) is 0 Å². The molecule has 2 atom stereocenters. The van der Waals surface area contributed by atoms with E-state index in [1.54, 1.807) is 0 Å². The lowest BCUT2D eigenvalue weighted by Crippen LogP contribution is -2.42. The zero-order chi connectivity index (χ0) is 12.7. The Morgan fingerprint density at radius 1 is 1.12 bits per heavy atom. The second-order valence-corrected chi connectivity index (χ2v) is 6.09. The van der Waals surface area contributed by atoms with E-state index < -0.39 is 0 Å². The second kappa shape index (κ2) is 8.10. The van der Waals surface area contributed by atoms with Crippen LogP contribution in [0.25, 0.3) is 0 Å². The van der Waals surface area contributed by atoms with Crippen molar-refractivity contribution < 1.29 is 4.74 Å². The zero-order valence-electron chi connectivity index (χ0n) is 12.0. The molecule has 2 heteroatoms. The van der Waals surface area contributed by atoms with Gasteiger partial charge in [-0.05, 0) is 31.1 Å². The van der Waals surface area contributed by atoms with Gasteiger partial charge < -0.3 is 10.5 Å². The van der Waals surface area contributed by atoms with Crippen LogP contribution in [0.4, 0.5) is 0 Å². The first-order valence-electron chi connectivity index (χ1n) is 7.43. The molecule has 0 aromatic rings. The molecule has 102 valence electrons. The number of hydrogen-bond donors (Lipinski definition) is 1. The number of hydrogen-bond acceptors (Lipinski definition) is 2. The minimum absolute atomic E-state index is 0.238. The van der Waals surface area contributed by atoms with E-state index in [4.69, 9.17) is 10.5 Å². The Balaban J connectivity index is 2.31. The average Bonchev–Trinajstić information content (AvgIpc) is 2.31. The monoisotopic (exact) mass is 241 g/mol. The summed E-state index contributed by atoms with van der Waals surface area (Å²) < 4.78 is 5.68. The number of nitrogens with two attached hydrogens (primary N) is 1. The van der Waals surface area contributed by atoms with Gasteiger partial charge in [0.25, 0.3) is 0 Å². The van der Waals surface area contributed by atoms with Crippen molar-refractivity contribution in [1.29, 1.82) is 0 Å². The van der Waals surface area contributed by atoms with Gasteiger partial charge in [-0.25, -0.2) is 0 Å². The van der Waals surface area contributed by atoms with Crippen LogP contribution in [0, 0.1) is 11.8 Å². The number of ether oxygens (including phenoxy) is 1. The van der Waals surface area contributed by atoms with Crippen LogP contribution < -0.4 is 5.73 Å². The lowest BCUT2D eigenvalue weighted by molar-refractivity contribution is 0.0152. The van der Waals surface area contributed by atoms with Crippen LogP contribution >= 0.6 is 0 Å². The summed E-state index contributed by atoms with van der Waals surface area (Å²) in [6, 6.07) is 0.238. The normalized spacial score (nSPS) is 21.7. The summed E-state index contributed by atoms with van der Waals surface area (Å²) >= 11 is 0. The predicted molar refractivity (Wildman–Crippen MR) is 74.0 cm³/mol. The lowest BCUT2D eigenvalue weighted by Gasteiger charge is -2.33. The Kier molecular flexibility index (Phi) is 7.14. The van der Waals surface area contributed by atoms with E-state index in [1.807, 2.05) is 7.11 Å². The van der Waals surface area contributed by atoms with Crippen LogP contribution in [0.3, 0.4) is 0 Å². The molecule has 0 bridgehead atoms. The third-order valence-electron chi connectivity index (χ3n) is 4.13. The smallest absolute Gasteiger partial charge is 0.0750 e. The largest absolute Gasteiger partial charge is 0.380 e. The van der Waals surface area contributed by atoms with Gasteiger partial charge in [-0.15, -0.1) is 0 Å². The van der Waals surface area contributed by atoms with Gasteiger partial charge in [0.1, 0.15) is 0 Å². The maximum absolute atomic E-state index is 6.32. The lowest BCUT2D eigenvalue weighted by atomic mass is 9.81. The van der Waals surface area contributed by atoms with E-state index in [0.29, 0.717) is 12.0 Å². The van der Waals surface area contributed by atoms with Crippen LogP contribution in [0.1, 0.15) is 65.2 Å². The van der Waals surface area contributed by atoms with Crippen molar-refractivity contribution in [3.63, 3.8) is 0 Å². The highest BCUT2D eigenvalue weighted by Gasteiger charge is 2.28. The minimum Gasteiger partial charge on any atom is -0.380 e. The summed E-state index contributed by atoms with van der Waals surface area (Å²) in [4.78, 5) is 0. The first kappa shape index (κ1) is 15.0. The summed E-state index contributed by atoms with van der Waals surface area (Å²) in [7, 11) is 1.83. The molecule has 17 heavy (non-hydrogen) atoms. The highest BCUT2D eigenvalue weighted by atomic mass is 16.5. The standard InChI is InChI=1S/C15H31NO/c1-12(2)8-7-11-14(16)15(17-3)13-9-5-4-6-10-13/h12-15H,4-11,16H2,1-3H3. The quantitative estimate of drug-likeness (QED) is 0.737. The van der Waals surface area contributed by atoms with E-state index in [-0.39, 0.29) is 6.04 Å². The SMILES string of the molecule is COC(C(N)CCCC(C)C)C1CCCCC1. The Morgan fingerprint density at radius 3 is 2.29 bits per heavy atom. The summed E-state index contributed by atoms with van der Waals surface area (Å²) in [5.74, 6) is 1.50. The van der Waals surface area contributed by atoms with Crippen LogP contribution in [0.2, 0.25) is 0 Å². The topological polar surface area (TPSA) is 35.2 Å². The summed E-state index contributed by atoms with van der Waals surface area (Å²) in [5.41, 5.74) is 6.32. The molecule has 0 heterocycles. The highest BCUT2D eigenvalue weighted by molar-refractivity contribution is 4.82. The molecule has 0 saturated heterocycles. The van der Waals surface area contributed by atoms with Gasteiger partial charge in [0.05, 0.1) is 6.10 Å². The molecule has 0 aromatic heterocycles. The highest BCUT2D eigenvalue weighted by Crippen LogP contribution is 2.29. The molecule has 0 amide bonds. The van der Waals surface area contributed by atoms with Crippen molar-refractivity contribution in [2.24, 2.45) is 17.6 Å². The van der Waals surface area contributed by atoms with Crippen LogP contribution in [-0.2, 0) is 4.74 Å². The molecule has 2 unspecified atom stereocenters. The fourth-order valence-corrected chi connectivity index (χ4v) is 3.11. The maximum atomic E-state index is 6.32. The Morgan fingerprint density at radius 2 is 1.76 bits per heavy atom. The minimum atomic E-state index is 0.238. The van der Waals surface area contributed by atoms with Gasteiger partial charge in [0.2, 0.25) is 0 Å². The zero-order valence-corrected chi connectivity index (χ0v) is 12.0.